The summed E-state index contributed by atoms with van der Waals surface area (Å²) in [5.74, 6) is -0.321. The summed E-state index contributed by atoms with van der Waals surface area (Å²) in [7, 11) is 0. The molecule has 162 valence electrons. The zero-order valence-electron chi connectivity index (χ0n) is 17.3. The highest BCUT2D eigenvalue weighted by Crippen LogP contribution is 2.39. The van der Waals surface area contributed by atoms with E-state index in [0.29, 0.717) is 28.7 Å². The molecule has 0 radical (unpaired) electrons. The summed E-state index contributed by atoms with van der Waals surface area (Å²) in [6.45, 7) is 2.37. The molecule has 0 bridgehead atoms. The molecule has 4 aromatic rings. The Morgan fingerprint density at radius 2 is 1.91 bits per heavy atom. The van der Waals surface area contributed by atoms with Crippen LogP contribution in [0.1, 0.15) is 28.4 Å². The van der Waals surface area contributed by atoms with Gasteiger partial charge in [-0.2, -0.15) is 0 Å². The number of carbonyl (C=O) groups is 1. The van der Waals surface area contributed by atoms with Crippen molar-refractivity contribution in [3.63, 3.8) is 0 Å². The molecular weight excluding hydrogens is 448 g/mol. The van der Waals surface area contributed by atoms with Crippen molar-refractivity contribution in [2.45, 2.75) is 19.4 Å². The number of H-pyrrole nitrogens is 1. The molecule has 7 heteroatoms. The summed E-state index contributed by atoms with van der Waals surface area (Å²) in [6, 6.07) is 16.8. The van der Waals surface area contributed by atoms with E-state index in [1.54, 1.807) is 29.2 Å². The molecule has 1 aliphatic heterocycles. The number of benzene rings is 3. The van der Waals surface area contributed by atoms with Crippen molar-refractivity contribution in [2.24, 2.45) is 0 Å². The Morgan fingerprint density at radius 3 is 2.69 bits per heavy atom. The third-order valence-corrected chi connectivity index (χ3v) is 6.69. The number of hydrogen-bond acceptors (Lipinski definition) is 1. The van der Waals surface area contributed by atoms with Gasteiger partial charge in [0.15, 0.2) is 0 Å². The Labute approximate surface area is 194 Å². The van der Waals surface area contributed by atoms with Gasteiger partial charge in [-0.1, -0.05) is 41.4 Å². The number of amides is 2. The molecule has 0 saturated heterocycles. The third kappa shape index (κ3) is 3.61. The van der Waals surface area contributed by atoms with Crippen LogP contribution < -0.4 is 5.32 Å². The Bertz CT molecular complexity index is 1330. The summed E-state index contributed by atoms with van der Waals surface area (Å²) < 4.78 is 13.7. The van der Waals surface area contributed by atoms with Crippen molar-refractivity contribution in [3.8, 4) is 0 Å². The van der Waals surface area contributed by atoms with Crippen LogP contribution in [-0.4, -0.2) is 22.5 Å². The molecule has 0 spiro atoms. The van der Waals surface area contributed by atoms with E-state index in [1.165, 1.54) is 12.1 Å². The van der Waals surface area contributed by atoms with Crippen molar-refractivity contribution in [1.29, 1.82) is 0 Å². The molecule has 5 rings (SSSR count). The SMILES string of the molecule is Cc1c(Cl)cccc1NC(=O)N1CCc2c([nH]c3ccc(Cl)cc23)[C@@H]1c1ccc(F)cc1. The first-order valence-corrected chi connectivity index (χ1v) is 11.1. The average Bonchev–Trinajstić information content (AvgIpc) is 3.15. The Balaban J connectivity index is 1.59. The molecule has 1 aliphatic rings. The standard InChI is InChI=1S/C25H20Cl2FN3O/c1-14-20(27)3-2-4-21(14)30-25(32)31-12-11-18-19-13-16(26)7-10-22(19)29-23(18)24(31)15-5-8-17(28)9-6-15/h2-10,13,24,29H,11-12H2,1H3,(H,30,32)/t24-/m0/s1. The highest BCUT2D eigenvalue weighted by molar-refractivity contribution is 6.32. The normalized spacial score (nSPS) is 15.6. The van der Waals surface area contributed by atoms with Crippen LogP contribution in [0.2, 0.25) is 10.0 Å². The van der Waals surface area contributed by atoms with Crippen LogP contribution in [-0.2, 0) is 6.42 Å². The Hall–Kier alpha value is -3.02. The van der Waals surface area contributed by atoms with Gasteiger partial charge in [-0.25, -0.2) is 9.18 Å². The predicted octanol–water partition coefficient (Wildman–Crippen LogP) is 7.10. The van der Waals surface area contributed by atoms with Crippen LogP contribution in [0.3, 0.4) is 0 Å². The van der Waals surface area contributed by atoms with Crippen LogP contribution in [0, 0.1) is 12.7 Å². The smallest absolute Gasteiger partial charge is 0.322 e. The highest BCUT2D eigenvalue weighted by Gasteiger charge is 2.35. The van der Waals surface area contributed by atoms with Gasteiger partial charge in [0.2, 0.25) is 0 Å². The van der Waals surface area contributed by atoms with Crippen LogP contribution in [0.4, 0.5) is 14.9 Å². The molecule has 2 amide bonds. The second kappa shape index (κ2) is 8.15. The van der Waals surface area contributed by atoms with Gasteiger partial charge in [0, 0.05) is 38.9 Å². The molecule has 0 aliphatic carbocycles. The van der Waals surface area contributed by atoms with E-state index in [2.05, 4.69) is 10.3 Å². The van der Waals surface area contributed by atoms with Gasteiger partial charge >= 0.3 is 6.03 Å². The summed E-state index contributed by atoms with van der Waals surface area (Å²) in [5.41, 5.74) is 5.29. The lowest BCUT2D eigenvalue weighted by molar-refractivity contribution is 0.193. The number of fused-ring (bicyclic) bond motifs is 3. The van der Waals surface area contributed by atoms with E-state index in [1.807, 2.05) is 31.2 Å². The van der Waals surface area contributed by atoms with Gasteiger partial charge in [-0.15, -0.1) is 0 Å². The first kappa shape index (κ1) is 20.9. The molecule has 1 atom stereocenters. The van der Waals surface area contributed by atoms with E-state index in [0.717, 1.165) is 33.3 Å². The van der Waals surface area contributed by atoms with Gasteiger partial charge in [0.05, 0.1) is 6.04 Å². The number of nitrogens with one attached hydrogen (secondary N) is 2. The second-order valence-electron chi connectivity index (χ2n) is 7.95. The predicted molar refractivity (Wildman–Crippen MR) is 127 cm³/mol. The van der Waals surface area contributed by atoms with Crippen molar-refractivity contribution < 1.29 is 9.18 Å². The van der Waals surface area contributed by atoms with E-state index in [-0.39, 0.29) is 11.8 Å². The summed E-state index contributed by atoms with van der Waals surface area (Å²) in [6.07, 6.45) is 0.676. The van der Waals surface area contributed by atoms with E-state index in [4.69, 9.17) is 23.2 Å². The zero-order chi connectivity index (χ0) is 22.4. The highest BCUT2D eigenvalue weighted by atomic mass is 35.5. The Morgan fingerprint density at radius 1 is 1.12 bits per heavy atom. The minimum absolute atomic E-state index is 0.243. The van der Waals surface area contributed by atoms with Gasteiger partial charge in [0.1, 0.15) is 5.82 Å². The number of carbonyl (C=O) groups excluding carboxylic acids is 1. The van der Waals surface area contributed by atoms with Gasteiger partial charge in [-0.05, 0) is 72.5 Å². The van der Waals surface area contributed by atoms with Gasteiger partial charge < -0.3 is 15.2 Å². The largest absolute Gasteiger partial charge is 0.356 e. The molecule has 2 heterocycles. The Kier molecular flexibility index (Phi) is 5.31. The molecule has 1 aromatic heterocycles. The molecule has 32 heavy (non-hydrogen) atoms. The summed E-state index contributed by atoms with van der Waals surface area (Å²) in [5, 5.41) is 5.30. The van der Waals surface area contributed by atoms with Crippen molar-refractivity contribution >= 4 is 45.8 Å². The quantitative estimate of drug-likeness (QED) is 0.324. The zero-order valence-corrected chi connectivity index (χ0v) is 18.8. The van der Waals surface area contributed by atoms with E-state index >= 15 is 0 Å². The number of rotatable bonds is 2. The number of urea groups is 1. The molecular formula is C25H20Cl2FN3O. The van der Waals surface area contributed by atoms with E-state index in [9.17, 15) is 9.18 Å². The fourth-order valence-corrected chi connectivity index (χ4v) is 4.75. The minimum Gasteiger partial charge on any atom is -0.356 e. The number of halogens is 3. The molecule has 0 saturated carbocycles. The van der Waals surface area contributed by atoms with Crippen molar-refractivity contribution in [3.05, 3.63) is 98.9 Å². The molecule has 0 fully saturated rings. The monoisotopic (exact) mass is 467 g/mol. The van der Waals surface area contributed by atoms with Crippen LogP contribution >= 0.6 is 23.2 Å². The first-order chi connectivity index (χ1) is 15.4. The summed E-state index contributed by atoms with van der Waals surface area (Å²) >= 11 is 12.5. The van der Waals surface area contributed by atoms with Crippen LogP contribution in [0.15, 0.2) is 60.7 Å². The number of aromatic amines is 1. The maximum absolute atomic E-state index is 13.7. The lowest BCUT2D eigenvalue weighted by Crippen LogP contribution is -2.43. The van der Waals surface area contributed by atoms with Crippen molar-refractivity contribution in [1.82, 2.24) is 9.88 Å². The molecule has 0 unspecified atom stereocenters. The maximum atomic E-state index is 13.7. The van der Waals surface area contributed by atoms with Crippen LogP contribution in [0.5, 0.6) is 0 Å². The fourth-order valence-electron chi connectivity index (χ4n) is 4.40. The van der Waals surface area contributed by atoms with Crippen molar-refractivity contribution in [2.75, 3.05) is 11.9 Å². The van der Waals surface area contributed by atoms with Gasteiger partial charge in [-0.3, -0.25) is 0 Å². The first-order valence-electron chi connectivity index (χ1n) is 10.3. The number of hydrogen-bond donors (Lipinski definition) is 2. The lowest BCUT2D eigenvalue weighted by atomic mass is 9.92. The summed E-state index contributed by atoms with van der Waals surface area (Å²) in [4.78, 5) is 18.7. The fraction of sp³-hybridized carbons (Fsp3) is 0.160. The number of anilines is 1. The van der Waals surface area contributed by atoms with Crippen LogP contribution in [0.25, 0.3) is 10.9 Å². The average molecular weight is 468 g/mol. The third-order valence-electron chi connectivity index (χ3n) is 6.04. The minimum atomic E-state index is -0.398. The van der Waals surface area contributed by atoms with E-state index < -0.39 is 6.04 Å². The topological polar surface area (TPSA) is 48.1 Å². The maximum Gasteiger partial charge on any atom is 0.322 e. The second-order valence-corrected chi connectivity index (χ2v) is 8.79. The molecule has 2 N–H and O–H groups in total. The number of nitrogens with zero attached hydrogens (tertiary/aromatic N) is 1. The lowest BCUT2D eigenvalue weighted by Gasteiger charge is -2.36. The molecule has 4 nitrogen and oxygen atoms in total. The number of aromatic nitrogens is 1. The molecule has 3 aromatic carbocycles. The van der Waals surface area contributed by atoms with Gasteiger partial charge in [0.25, 0.3) is 0 Å².